The third-order valence-electron chi connectivity index (χ3n) is 4.74. The highest BCUT2D eigenvalue weighted by molar-refractivity contribution is 7.99. The van der Waals surface area contributed by atoms with Gasteiger partial charge in [0.05, 0.1) is 38.4 Å². The van der Waals surface area contributed by atoms with Crippen molar-refractivity contribution in [3.05, 3.63) is 44.9 Å². The van der Waals surface area contributed by atoms with Crippen molar-refractivity contribution in [1.82, 2.24) is 9.97 Å². The lowest BCUT2D eigenvalue weighted by atomic mass is 9.82. The van der Waals surface area contributed by atoms with Crippen LogP contribution >= 0.6 is 11.8 Å². The van der Waals surface area contributed by atoms with Crippen molar-refractivity contribution in [2.75, 3.05) is 32.4 Å². The zero-order valence-corrected chi connectivity index (χ0v) is 18.1. The van der Waals surface area contributed by atoms with E-state index in [0.717, 1.165) is 5.75 Å². The zero-order chi connectivity index (χ0) is 22.0. The Morgan fingerprint density at radius 1 is 1.23 bits per heavy atom. The number of fused-ring (bicyclic) bond motifs is 1. The summed E-state index contributed by atoms with van der Waals surface area (Å²) in [7, 11) is 4.08. The smallest absolute Gasteiger partial charge is 0.336 e. The van der Waals surface area contributed by atoms with Gasteiger partial charge in [-0.05, 0) is 30.4 Å². The van der Waals surface area contributed by atoms with Crippen LogP contribution in [0.5, 0.6) is 17.2 Å². The number of carbonyl (C=O) groups is 1. The fraction of sp³-hybridized carbons (Fsp3) is 0.350. The molecule has 0 fully saturated rings. The number of nitrogens with one attached hydrogen (secondary N) is 2. The van der Waals surface area contributed by atoms with Crippen LogP contribution in [0.2, 0.25) is 0 Å². The largest absolute Gasteiger partial charge is 0.502 e. The van der Waals surface area contributed by atoms with E-state index in [1.807, 2.05) is 6.92 Å². The van der Waals surface area contributed by atoms with Gasteiger partial charge in [-0.25, -0.2) is 9.78 Å². The molecule has 1 unspecified atom stereocenters. The average molecular weight is 433 g/mol. The molecule has 1 aromatic heterocycles. The molecule has 10 heteroatoms. The van der Waals surface area contributed by atoms with Gasteiger partial charge in [0.2, 0.25) is 5.75 Å². The Kier molecular flexibility index (Phi) is 6.25. The Hall–Kier alpha value is -3.14. The van der Waals surface area contributed by atoms with Crippen molar-refractivity contribution >= 4 is 23.5 Å². The first-order valence-corrected chi connectivity index (χ1v) is 10.1. The molecule has 3 N–H and O–H groups in total. The van der Waals surface area contributed by atoms with E-state index in [1.54, 1.807) is 19.1 Å². The number of nitrogens with zero attached hydrogens (tertiary/aromatic N) is 1. The normalized spacial score (nSPS) is 15.3. The summed E-state index contributed by atoms with van der Waals surface area (Å²) in [5.41, 5.74) is 1.15. The van der Waals surface area contributed by atoms with E-state index in [2.05, 4.69) is 15.3 Å². The maximum atomic E-state index is 13.0. The lowest BCUT2D eigenvalue weighted by Crippen LogP contribution is -2.31. The number of rotatable bonds is 6. The monoisotopic (exact) mass is 433 g/mol. The van der Waals surface area contributed by atoms with Crippen molar-refractivity contribution < 1.29 is 24.1 Å². The Morgan fingerprint density at radius 3 is 2.40 bits per heavy atom. The number of anilines is 1. The first kappa shape index (κ1) is 21.6. The maximum Gasteiger partial charge on any atom is 0.336 e. The molecule has 0 radical (unpaired) electrons. The highest BCUT2D eigenvalue weighted by Gasteiger charge is 2.37. The molecule has 2 aromatic rings. The second-order valence-electron chi connectivity index (χ2n) is 6.43. The van der Waals surface area contributed by atoms with Crippen LogP contribution in [0, 0.1) is 0 Å². The quantitative estimate of drug-likeness (QED) is 0.358. The molecule has 1 aromatic carbocycles. The van der Waals surface area contributed by atoms with Crippen molar-refractivity contribution in [3.63, 3.8) is 0 Å². The third-order valence-corrected chi connectivity index (χ3v) is 5.50. The molecule has 2 heterocycles. The number of aromatic nitrogens is 2. The molecule has 0 aliphatic carbocycles. The first-order valence-electron chi connectivity index (χ1n) is 9.14. The van der Waals surface area contributed by atoms with Crippen molar-refractivity contribution in [2.24, 2.45) is 0 Å². The Bertz CT molecular complexity index is 1050. The lowest BCUT2D eigenvalue weighted by Gasteiger charge is -2.29. The van der Waals surface area contributed by atoms with Crippen LogP contribution in [0.4, 0.5) is 5.82 Å². The molecule has 0 bridgehead atoms. The van der Waals surface area contributed by atoms with Gasteiger partial charge in [0.15, 0.2) is 16.7 Å². The van der Waals surface area contributed by atoms with Gasteiger partial charge in [0.25, 0.3) is 5.56 Å². The van der Waals surface area contributed by atoms with E-state index in [0.29, 0.717) is 22.2 Å². The number of aromatic amines is 1. The number of ether oxygens (including phenoxy) is 3. The molecule has 30 heavy (non-hydrogen) atoms. The van der Waals surface area contributed by atoms with E-state index >= 15 is 0 Å². The van der Waals surface area contributed by atoms with Gasteiger partial charge in [-0.3, -0.25) is 4.79 Å². The maximum absolute atomic E-state index is 13.0. The fourth-order valence-corrected chi connectivity index (χ4v) is 4.02. The standard InChI is InChI=1S/C20H23N3O6S/c1-6-30-20-22-17-15(18(25)23-20)14(13(9(2)21-17)19(26)29-5)10-7-11(27-3)16(24)12(8-10)28-4/h7-8,14,24H,6H2,1-5H3,(H2,21,22,23,25). The number of carbonyl (C=O) groups excluding carboxylic acids is 1. The number of thioether (sulfide) groups is 1. The Labute approximate surface area is 177 Å². The predicted molar refractivity (Wildman–Crippen MR) is 113 cm³/mol. The molecule has 1 aliphatic rings. The topological polar surface area (TPSA) is 123 Å². The minimum atomic E-state index is -0.811. The average Bonchev–Trinajstić information content (AvgIpc) is 2.72. The molecule has 9 nitrogen and oxygen atoms in total. The van der Waals surface area contributed by atoms with E-state index in [4.69, 9.17) is 14.2 Å². The second-order valence-corrected chi connectivity index (χ2v) is 7.68. The summed E-state index contributed by atoms with van der Waals surface area (Å²) in [6.45, 7) is 3.67. The SMILES string of the molecule is CCSc1nc2c(c(=O)[nH]1)C(c1cc(OC)c(O)c(OC)c1)C(C(=O)OC)=C(C)N2. The summed E-state index contributed by atoms with van der Waals surface area (Å²) in [5, 5.41) is 13.8. The minimum Gasteiger partial charge on any atom is -0.502 e. The summed E-state index contributed by atoms with van der Waals surface area (Å²) in [6.07, 6.45) is 0. The number of allylic oxidation sites excluding steroid dienone is 1. The number of phenols is 1. The van der Waals surface area contributed by atoms with Crippen molar-refractivity contribution in [1.29, 1.82) is 0 Å². The van der Waals surface area contributed by atoms with E-state index in [9.17, 15) is 14.7 Å². The number of H-pyrrole nitrogens is 1. The van der Waals surface area contributed by atoms with Gasteiger partial charge in [0, 0.05) is 5.70 Å². The van der Waals surface area contributed by atoms with Crippen molar-refractivity contribution in [3.8, 4) is 17.2 Å². The van der Waals surface area contributed by atoms with Crippen LogP contribution in [0.1, 0.15) is 30.9 Å². The van der Waals surface area contributed by atoms with E-state index < -0.39 is 11.9 Å². The van der Waals surface area contributed by atoms with Crippen LogP contribution in [0.25, 0.3) is 0 Å². The Morgan fingerprint density at radius 2 is 1.87 bits per heavy atom. The summed E-state index contributed by atoms with van der Waals surface area (Å²) >= 11 is 1.40. The molecule has 160 valence electrons. The van der Waals surface area contributed by atoms with Crippen LogP contribution in [-0.2, 0) is 9.53 Å². The summed E-state index contributed by atoms with van der Waals surface area (Å²) in [5.74, 6) is -0.194. The summed E-state index contributed by atoms with van der Waals surface area (Å²) in [4.78, 5) is 33.0. The van der Waals surface area contributed by atoms with Crippen LogP contribution < -0.4 is 20.3 Å². The number of esters is 1. The molecular weight excluding hydrogens is 410 g/mol. The molecule has 1 aliphatic heterocycles. The lowest BCUT2D eigenvalue weighted by molar-refractivity contribution is -0.136. The number of hydrogen-bond donors (Lipinski definition) is 3. The van der Waals surface area contributed by atoms with Crippen molar-refractivity contribution in [2.45, 2.75) is 24.9 Å². The van der Waals surface area contributed by atoms with Gasteiger partial charge in [-0.15, -0.1) is 0 Å². The number of methoxy groups -OCH3 is 3. The molecule has 0 saturated heterocycles. The number of phenolic OH excluding ortho intramolecular Hbond substituents is 1. The molecule has 1 atom stereocenters. The highest BCUT2D eigenvalue weighted by atomic mass is 32.2. The van der Waals surface area contributed by atoms with E-state index in [-0.39, 0.29) is 33.9 Å². The fourth-order valence-electron chi connectivity index (χ4n) is 3.43. The minimum absolute atomic E-state index is 0.147. The second kappa shape index (κ2) is 8.70. The number of aromatic hydroxyl groups is 1. The summed E-state index contributed by atoms with van der Waals surface area (Å²) < 4.78 is 15.5. The molecule has 0 amide bonds. The van der Waals surface area contributed by atoms with E-state index in [1.165, 1.54) is 33.1 Å². The Balaban J connectivity index is 2.33. The number of benzene rings is 1. The van der Waals surface area contributed by atoms with Crippen LogP contribution in [0.15, 0.2) is 33.4 Å². The molecular formula is C20H23N3O6S. The van der Waals surface area contributed by atoms with Gasteiger partial charge in [0.1, 0.15) is 5.82 Å². The predicted octanol–water partition coefficient (Wildman–Crippen LogP) is 2.61. The van der Waals surface area contributed by atoms with Gasteiger partial charge >= 0.3 is 5.97 Å². The van der Waals surface area contributed by atoms with Crippen LogP contribution in [0.3, 0.4) is 0 Å². The number of hydrogen-bond acceptors (Lipinski definition) is 9. The van der Waals surface area contributed by atoms with Gasteiger partial charge in [-0.2, -0.15) is 0 Å². The highest BCUT2D eigenvalue weighted by Crippen LogP contribution is 2.45. The van der Waals surface area contributed by atoms with Crippen LogP contribution in [-0.4, -0.2) is 48.1 Å². The van der Waals surface area contributed by atoms with Gasteiger partial charge < -0.3 is 29.6 Å². The summed E-state index contributed by atoms with van der Waals surface area (Å²) in [6, 6.07) is 3.12. The first-order chi connectivity index (χ1) is 14.4. The van der Waals surface area contributed by atoms with Gasteiger partial charge in [-0.1, -0.05) is 18.7 Å². The third kappa shape index (κ3) is 3.70. The molecule has 0 spiro atoms. The zero-order valence-electron chi connectivity index (χ0n) is 17.3. The molecule has 3 rings (SSSR count). The molecule has 0 saturated carbocycles.